The van der Waals surface area contributed by atoms with Gasteiger partial charge in [0.2, 0.25) is 5.91 Å². The van der Waals surface area contributed by atoms with Gasteiger partial charge in [0.25, 0.3) is 5.91 Å². The van der Waals surface area contributed by atoms with Crippen LogP contribution in [0, 0.1) is 18.8 Å². The first kappa shape index (κ1) is 17.5. The monoisotopic (exact) mass is 360 g/mol. The summed E-state index contributed by atoms with van der Waals surface area (Å²) in [5.41, 5.74) is 1.21. The molecule has 1 saturated carbocycles. The summed E-state index contributed by atoms with van der Waals surface area (Å²) >= 11 is 0. The molecule has 4 rings (SSSR count). The van der Waals surface area contributed by atoms with Crippen LogP contribution in [0.3, 0.4) is 0 Å². The third-order valence-corrected chi connectivity index (χ3v) is 5.79. The van der Waals surface area contributed by atoms with Gasteiger partial charge in [0.05, 0.1) is 31.0 Å². The van der Waals surface area contributed by atoms with Crippen molar-refractivity contribution in [2.75, 3.05) is 26.2 Å². The summed E-state index contributed by atoms with van der Waals surface area (Å²) in [6.07, 6.45) is 5.71. The minimum Gasteiger partial charge on any atom is -0.371 e. The highest BCUT2D eigenvalue weighted by Crippen LogP contribution is 2.39. The Bertz CT molecular complexity index is 704. The van der Waals surface area contributed by atoms with E-state index < -0.39 is 0 Å². The van der Waals surface area contributed by atoms with Crippen LogP contribution in [0.4, 0.5) is 0 Å². The fraction of sp³-hybridized carbons (Fsp3) is 0.737. The number of amides is 2. The topological polar surface area (TPSA) is 76.5 Å². The van der Waals surface area contributed by atoms with E-state index in [9.17, 15) is 9.59 Å². The fourth-order valence-corrected chi connectivity index (χ4v) is 4.06. The SMILES string of the molecule is CCn1cc(C(=O)N2CC3(CC(CC(=O)NCC4CC4)CO3)C2)c(C)n1. The third-order valence-electron chi connectivity index (χ3n) is 5.79. The van der Waals surface area contributed by atoms with Gasteiger partial charge >= 0.3 is 0 Å². The summed E-state index contributed by atoms with van der Waals surface area (Å²) in [5.74, 6) is 1.13. The number of nitrogens with zero attached hydrogens (tertiary/aromatic N) is 3. The van der Waals surface area contributed by atoms with Crippen molar-refractivity contribution in [2.45, 2.75) is 51.7 Å². The van der Waals surface area contributed by atoms with Crippen LogP contribution in [0.15, 0.2) is 6.20 Å². The van der Waals surface area contributed by atoms with E-state index >= 15 is 0 Å². The predicted octanol–water partition coefficient (Wildman–Crippen LogP) is 1.36. The molecule has 1 aliphatic carbocycles. The van der Waals surface area contributed by atoms with Crippen LogP contribution in [0.25, 0.3) is 0 Å². The molecule has 1 aromatic heterocycles. The van der Waals surface area contributed by atoms with Crippen LogP contribution in [0.5, 0.6) is 0 Å². The standard InChI is InChI=1S/C19H28N4O3/c1-3-23-9-16(13(2)21-23)18(25)22-11-19(12-22)7-15(10-26-19)6-17(24)20-8-14-4-5-14/h9,14-15H,3-8,10-12H2,1-2H3,(H,20,24). The molecule has 7 heteroatoms. The molecule has 1 aromatic rings. The van der Waals surface area contributed by atoms with Crippen molar-refractivity contribution in [2.24, 2.45) is 11.8 Å². The summed E-state index contributed by atoms with van der Waals surface area (Å²) < 4.78 is 7.80. The number of aromatic nitrogens is 2. The Morgan fingerprint density at radius 2 is 2.12 bits per heavy atom. The summed E-state index contributed by atoms with van der Waals surface area (Å²) in [6.45, 7) is 7.30. The molecule has 1 atom stereocenters. The molecule has 2 saturated heterocycles. The van der Waals surface area contributed by atoms with E-state index in [1.807, 2.05) is 24.9 Å². The molecule has 26 heavy (non-hydrogen) atoms. The number of carbonyl (C=O) groups is 2. The lowest BCUT2D eigenvalue weighted by Crippen LogP contribution is -2.63. The minimum atomic E-state index is -0.244. The van der Waals surface area contributed by atoms with Gasteiger partial charge in [0.1, 0.15) is 5.60 Å². The van der Waals surface area contributed by atoms with Gasteiger partial charge in [-0.1, -0.05) is 0 Å². The molecule has 3 heterocycles. The Labute approximate surface area is 154 Å². The van der Waals surface area contributed by atoms with Crippen molar-refractivity contribution in [3.05, 3.63) is 17.5 Å². The number of rotatable bonds is 6. The van der Waals surface area contributed by atoms with Gasteiger partial charge < -0.3 is 15.0 Å². The lowest BCUT2D eigenvalue weighted by molar-refractivity contribution is -0.122. The van der Waals surface area contributed by atoms with Crippen LogP contribution in [-0.4, -0.2) is 58.3 Å². The molecule has 2 amide bonds. The van der Waals surface area contributed by atoms with Crippen LogP contribution < -0.4 is 5.32 Å². The Hall–Kier alpha value is -1.89. The number of likely N-dealkylation sites (tertiary alicyclic amines) is 1. The second-order valence-electron chi connectivity index (χ2n) is 8.16. The molecule has 2 aliphatic heterocycles. The Balaban J connectivity index is 1.26. The zero-order valence-corrected chi connectivity index (χ0v) is 15.7. The lowest BCUT2D eigenvalue weighted by atomic mass is 9.85. The summed E-state index contributed by atoms with van der Waals surface area (Å²) in [4.78, 5) is 26.6. The van der Waals surface area contributed by atoms with Crippen LogP contribution >= 0.6 is 0 Å². The van der Waals surface area contributed by atoms with E-state index in [1.54, 1.807) is 4.68 Å². The first-order chi connectivity index (χ1) is 12.5. The predicted molar refractivity (Wildman–Crippen MR) is 95.7 cm³/mol. The van der Waals surface area contributed by atoms with Gasteiger partial charge in [-0.05, 0) is 44.9 Å². The van der Waals surface area contributed by atoms with E-state index in [1.165, 1.54) is 12.8 Å². The molecule has 1 spiro atoms. The van der Waals surface area contributed by atoms with Crippen LogP contribution in [0.1, 0.15) is 48.7 Å². The number of hydrogen-bond donors (Lipinski definition) is 1. The third kappa shape index (κ3) is 3.49. The first-order valence-electron chi connectivity index (χ1n) is 9.72. The van der Waals surface area contributed by atoms with Crippen LogP contribution in [0.2, 0.25) is 0 Å². The molecule has 3 fully saturated rings. The maximum atomic E-state index is 12.7. The summed E-state index contributed by atoms with van der Waals surface area (Å²) in [7, 11) is 0. The molecule has 1 N–H and O–H groups in total. The van der Waals surface area contributed by atoms with Crippen molar-refractivity contribution in [3.8, 4) is 0 Å². The molecular weight excluding hydrogens is 332 g/mol. The molecule has 142 valence electrons. The molecular formula is C19H28N4O3. The zero-order chi connectivity index (χ0) is 18.3. The van der Waals surface area contributed by atoms with Gasteiger partial charge in [0.15, 0.2) is 0 Å². The fourth-order valence-electron chi connectivity index (χ4n) is 4.06. The van der Waals surface area contributed by atoms with E-state index in [-0.39, 0.29) is 23.3 Å². The second kappa shape index (κ2) is 6.68. The summed E-state index contributed by atoms with van der Waals surface area (Å²) in [6, 6.07) is 0. The maximum absolute atomic E-state index is 12.7. The van der Waals surface area contributed by atoms with Gasteiger partial charge in [-0.25, -0.2) is 0 Å². The van der Waals surface area contributed by atoms with Gasteiger partial charge in [-0.3, -0.25) is 14.3 Å². The van der Waals surface area contributed by atoms with Crippen molar-refractivity contribution < 1.29 is 14.3 Å². The highest BCUT2D eigenvalue weighted by Gasteiger charge is 2.51. The minimum absolute atomic E-state index is 0.0297. The highest BCUT2D eigenvalue weighted by atomic mass is 16.5. The first-order valence-corrected chi connectivity index (χ1v) is 9.72. The quantitative estimate of drug-likeness (QED) is 0.831. The van der Waals surface area contributed by atoms with E-state index in [2.05, 4.69) is 10.4 Å². The van der Waals surface area contributed by atoms with E-state index in [0.717, 1.165) is 25.2 Å². The average Bonchev–Trinajstić information content (AvgIpc) is 3.20. The van der Waals surface area contributed by atoms with Crippen molar-refractivity contribution >= 4 is 11.8 Å². The van der Waals surface area contributed by atoms with Gasteiger partial charge in [-0.15, -0.1) is 0 Å². The molecule has 3 aliphatic rings. The number of hydrogen-bond acceptors (Lipinski definition) is 4. The largest absolute Gasteiger partial charge is 0.371 e. The Morgan fingerprint density at radius 3 is 2.77 bits per heavy atom. The number of ether oxygens (including phenoxy) is 1. The number of aryl methyl sites for hydroxylation is 2. The Kier molecular flexibility index (Phi) is 4.50. The van der Waals surface area contributed by atoms with Crippen LogP contribution in [-0.2, 0) is 16.1 Å². The lowest BCUT2D eigenvalue weighted by Gasteiger charge is -2.47. The molecule has 0 bridgehead atoms. The molecule has 1 unspecified atom stereocenters. The van der Waals surface area contributed by atoms with Gasteiger partial charge in [-0.2, -0.15) is 5.10 Å². The normalized spacial score (nSPS) is 23.9. The molecule has 0 radical (unpaired) electrons. The number of carbonyl (C=O) groups excluding carboxylic acids is 2. The smallest absolute Gasteiger partial charge is 0.257 e. The van der Waals surface area contributed by atoms with Crippen molar-refractivity contribution in [1.29, 1.82) is 0 Å². The Morgan fingerprint density at radius 1 is 1.35 bits per heavy atom. The summed E-state index contributed by atoms with van der Waals surface area (Å²) in [5, 5.41) is 7.38. The molecule has 0 aromatic carbocycles. The molecule has 7 nitrogen and oxygen atoms in total. The zero-order valence-electron chi connectivity index (χ0n) is 15.7. The van der Waals surface area contributed by atoms with Crippen molar-refractivity contribution in [3.63, 3.8) is 0 Å². The van der Waals surface area contributed by atoms with Gasteiger partial charge in [0, 0.05) is 25.7 Å². The average molecular weight is 360 g/mol. The van der Waals surface area contributed by atoms with E-state index in [0.29, 0.717) is 37.6 Å². The number of nitrogens with one attached hydrogen (secondary N) is 1. The van der Waals surface area contributed by atoms with Crippen molar-refractivity contribution in [1.82, 2.24) is 20.0 Å². The van der Waals surface area contributed by atoms with E-state index in [4.69, 9.17) is 4.74 Å². The highest BCUT2D eigenvalue weighted by molar-refractivity contribution is 5.95. The maximum Gasteiger partial charge on any atom is 0.257 e. The second-order valence-corrected chi connectivity index (χ2v) is 8.16.